The lowest BCUT2D eigenvalue weighted by molar-refractivity contribution is 0.0698. The van der Waals surface area contributed by atoms with Crippen LogP contribution in [0.1, 0.15) is 10.4 Å². The summed E-state index contributed by atoms with van der Waals surface area (Å²) >= 11 is 1.11. The van der Waals surface area contributed by atoms with Crippen LogP contribution in [0.2, 0.25) is 0 Å². The number of hydrogen-bond donors (Lipinski definition) is 2. The molecule has 0 aliphatic rings. The summed E-state index contributed by atoms with van der Waals surface area (Å²) < 4.78 is 13.1. The molecule has 1 aromatic carbocycles. The van der Waals surface area contributed by atoms with Crippen LogP contribution in [0.3, 0.4) is 0 Å². The van der Waals surface area contributed by atoms with Crippen LogP contribution in [0.4, 0.5) is 19.9 Å². The summed E-state index contributed by atoms with van der Waals surface area (Å²) in [6.07, 6.45) is 0. The van der Waals surface area contributed by atoms with Crippen molar-refractivity contribution in [1.82, 2.24) is 0 Å². The zero-order valence-electron chi connectivity index (χ0n) is 10.5. The SMILES string of the molecule is CN(C(=O)Nc1sccc1C(=O)O)c1cccc(F)c1. The van der Waals surface area contributed by atoms with Gasteiger partial charge in [0.05, 0.1) is 5.56 Å². The number of carboxylic acid groups (broad SMARTS) is 1. The summed E-state index contributed by atoms with van der Waals surface area (Å²) in [5.41, 5.74) is 0.395. The fraction of sp³-hybridized carbons (Fsp3) is 0.0769. The van der Waals surface area contributed by atoms with E-state index in [1.54, 1.807) is 11.4 Å². The summed E-state index contributed by atoms with van der Waals surface area (Å²) in [7, 11) is 1.47. The number of aromatic carboxylic acids is 1. The fourth-order valence-electron chi connectivity index (χ4n) is 1.56. The molecule has 7 heteroatoms. The number of carbonyl (C=O) groups is 2. The van der Waals surface area contributed by atoms with Crippen LogP contribution in [0.25, 0.3) is 0 Å². The number of hydrogen-bond acceptors (Lipinski definition) is 3. The lowest BCUT2D eigenvalue weighted by atomic mass is 10.3. The minimum Gasteiger partial charge on any atom is -0.478 e. The molecule has 2 N–H and O–H groups in total. The van der Waals surface area contributed by atoms with Crippen LogP contribution in [0, 0.1) is 5.82 Å². The van der Waals surface area contributed by atoms with E-state index < -0.39 is 17.8 Å². The normalized spacial score (nSPS) is 10.1. The highest BCUT2D eigenvalue weighted by atomic mass is 32.1. The van der Waals surface area contributed by atoms with Crippen molar-refractivity contribution in [2.45, 2.75) is 0 Å². The van der Waals surface area contributed by atoms with E-state index in [0.29, 0.717) is 5.69 Å². The molecular formula is C13H11FN2O3S. The van der Waals surface area contributed by atoms with E-state index in [9.17, 15) is 14.0 Å². The Balaban J connectivity index is 2.16. The number of rotatable bonds is 3. The Morgan fingerprint density at radius 2 is 2.10 bits per heavy atom. The number of carboxylic acids is 1. The van der Waals surface area contributed by atoms with Crippen molar-refractivity contribution in [1.29, 1.82) is 0 Å². The Morgan fingerprint density at radius 3 is 2.75 bits per heavy atom. The molecule has 0 aliphatic carbocycles. The largest absolute Gasteiger partial charge is 0.478 e. The minimum atomic E-state index is -1.12. The molecule has 2 amide bonds. The first-order chi connectivity index (χ1) is 9.49. The Hall–Kier alpha value is -2.41. The van der Waals surface area contributed by atoms with Gasteiger partial charge in [0.25, 0.3) is 0 Å². The zero-order chi connectivity index (χ0) is 14.7. The first-order valence-corrected chi connectivity index (χ1v) is 6.48. The lowest BCUT2D eigenvalue weighted by Crippen LogP contribution is -2.31. The molecule has 1 aromatic heterocycles. The van der Waals surface area contributed by atoms with Crippen molar-refractivity contribution < 1.29 is 19.1 Å². The average Bonchev–Trinajstić information content (AvgIpc) is 2.86. The molecule has 0 radical (unpaired) electrons. The van der Waals surface area contributed by atoms with Gasteiger partial charge in [-0.3, -0.25) is 10.2 Å². The van der Waals surface area contributed by atoms with E-state index in [0.717, 1.165) is 11.3 Å². The fourth-order valence-corrected chi connectivity index (χ4v) is 2.33. The van der Waals surface area contributed by atoms with E-state index in [1.807, 2.05) is 0 Å². The van der Waals surface area contributed by atoms with Crippen LogP contribution in [-0.2, 0) is 0 Å². The predicted molar refractivity (Wildman–Crippen MR) is 75.1 cm³/mol. The standard InChI is InChI=1S/C13H11FN2O3S/c1-16(9-4-2-3-8(14)7-9)13(19)15-11-10(12(17)18)5-6-20-11/h2-7H,1H3,(H,15,19)(H,17,18). The van der Waals surface area contributed by atoms with Gasteiger partial charge in [-0.1, -0.05) is 6.07 Å². The first-order valence-electron chi connectivity index (χ1n) is 5.60. The molecule has 5 nitrogen and oxygen atoms in total. The van der Waals surface area contributed by atoms with Gasteiger partial charge in [-0.05, 0) is 29.6 Å². The van der Waals surface area contributed by atoms with Gasteiger partial charge in [0.1, 0.15) is 10.8 Å². The van der Waals surface area contributed by atoms with Gasteiger partial charge < -0.3 is 5.11 Å². The molecule has 0 unspecified atom stereocenters. The van der Waals surface area contributed by atoms with Gasteiger partial charge >= 0.3 is 12.0 Å². The van der Waals surface area contributed by atoms with E-state index in [-0.39, 0.29) is 10.6 Å². The highest BCUT2D eigenvalue weighted by molar-refractivity contribution is 7.14. The van der Waals surface area contributed by atoms with Crippen LogP contribution >= 0.6 is 11.3 Å². The van der Waals surface area contributed by atoms with Crippen molar-refractivity contribution in [3.05, 3.63) is 47.1 Å². The van der Waals surface area contributed by atoms with Crippen molar-refractivity contribution in [2.75, 3.05) is 17.3 Å². The Labute approximate surface area is 118 Å². The second kappa shape index (κ2) is 5.70. The third kappa shape index (κ3) is 2.94. The molecular weight excluding hydrogens is 283 g/mol. The van der Waals surface area contributed by atoms with Gasteiger partial charge in [-0.25, -0.2) is 14.0 Å². The van der Waals surface area contributed by atoms with Gasteiger partial charge in [0.2, 0.25) is 0 Å². The van der Waals surface area contributed by atoms with Crippen LogP contribution < -0.4 is 10.2 Å². The molecule has 2 aromatic rings. The monoisotopic (exact) mass is 294 g/mol. The van der Waals surface area contributed by atoms with Crippen LogP contribution in [-0.4, -0.2) is 24.2 Å². The molecule has 0 fully saturated rings. The molecule has 0 saturated heterocycles. The van der Waals surface area contributed by atoms with Gasteiger partial charge in [-0.15, -0.1) is 11.3 Å². The van der Waals surface area contributed by atoms with Crippen molar-refractivity contribution in [3.8, 4) is 0 Å². The summed E-state index contributed by atoms with van der Waals surface area (Å²) in [4.78, 5) is 24.1. The molecule has 1 heterocycles. The third-order valence-electron chi connectivity index (χ3n) is 2.62. The number of nitrogens with zero attached hydrogens (tertiary/aromatic N) is 1. The molecule has 0 bridgehead atoms. The number of anilines is 2. The molecule has 2 rings (SSSR count). The smallest absolute Gasteiger partial charge is 0.338 e. The number of urea groups is 1. The van der Waals surface area contributed by atoms with E-state index in [4.69, 9.17) is 5.11 Å². The highest BCUT2D eigenvalue weighted by Gasteiger charge is 2.17. The molecule has 20 heavy (non-hydrogen) atoms. The number of benzene rings is 1. The van der Waals surface area contributed by atoms with E-state index in [1.165, 1.54) is 36.2 Å². The Bertz CT molecular complexity index is 657. The maximum atomic E-state index is 13.1. The van der Waals surface area contributed by atoms with Crippen LogP contribution in [0.5, 0.6) is 0 Å². The number of amides is 2. The van der Waals surface area contributed by atoms with Gasteiger partial charge in [0, 0.05) is 12.7 Å². The summed E-state index contributed by atoms with van der Waals surface area (Å²) in [6.45, 7) is 0. The molecule has 0 atom stereocenters. The zero-order valence-corrected chi connectivity index (χ0v) is 11.3. The lowest BCUT2D eigenvalue weighted by Gasteiger charge is -2.17. The maximum Gasteiger partial charge on any atom is 0.338 e. The minimum absolute atomic E-state index is 0.0241. The topological polar surface area (TPSA) is 69.6 Å². The quantitative estimate of drug-likeness (QED) is 0.913. The maximum absolute atomic E-state index is 13.1. The summed E-state index contributed by atoms with van der Waals surface area (Å²) in [5.74, 6) is -1.57. The van der Waals surface area contributed by atoms with Crippen molar-refractivity contribution in [3.63, 3.8) is 0 Å². The molecule has 0 aliphatic heterocycles. The Kier molecular flexibility index (Phi) is 3.99. The average molecular weight is 294 g/mol. The van der Waals surface area contributed by atoms with E-state index in [2.05, 4.69) is 5.32 Å². The number of carbonyl (C=O) groups excluding carboxylic acids is 1. The van der Waals surface area contributed by atoms with Crippen molar-refractivity contribution >= 4 is 34.0 Å². The van der Waals surface area contributed by atoms with Crippen molar-refractivity contribution in [2.24, 2.45) is 0 Å². The molecule has 104 valence electrons. The summed E-state index contributed by atoms with van der Waals surface area (Å²) in [5, 5.41) is 13.3. The summed E-state index contributed by atoms with van der Waals surface area (Å²) in [6, 6.07) is 6.42. The molecule has 0 spiro atoms. The number of halogens is 1. The number of thiophene rings is 1. The first kappa shape index (κ1) is 14.0. The second-order valence-corrected chi connectivity index (χ2v) is 4.85. The van der Waals surface area contributed by atoms with Crippen LogP contribution in [0.15, 0.2) is 35.7 Å². The molecule has 0 saturated carbocycles. The van der Waals surface area contributed by atoms with Gasteiger partial charge in [0.15, 0.2) is 0 Å². The van der Waals surface area contributed by atoms with Gasteiger partial charge in [-0.2, -0.15) is 0 Å². The number of nitrogens with one attached hydrogen (secondary N) is 1. The predicted octanol–water partition coefficient (Wildman–Crippen LogP) is 3.25. The third-order valence-corrected chi connectivity index (χ3v) is 3.45. The highest BCUT2D eigenvalue weighted by Crippen LogP contribution is 2.24. The Morgan fingerprint density at radius 1 is 1.35 bits per heavy atom. The second-order valence-electron chi connectivity index (χ2n) is 3.94. The van der Waals surface area contributed by atoms with E-state index >= 15 is 0 Å².